The van der Waals surface area contributed by atoms with Gasteiger partial charge in [-0.3, -0.25) is 4.79 Å². The smallest absolute Gasteiger partial charge is 0.221 e. The van der Waals surface area contributed by atoms with Gasteiger partial charge in [0, 0.05) is 23.9 Å². The van der Waals surface area contributed by atoms with Crippen LogP contribution in [0.4, 0.5) is 0 Å². The van der Waals surface area contributed by atoms with Crippen molar-refractivity contribution in [3.8, 4) is 6.07 Å². The van der Waals surface area contributed by atoms with Crippen LogP contribution in [0.2, 0.25) is 0 Å². The molecule has 1 saturated carbocycles. The number of carbonyl (C=O) groups is 1. The molecule has 0 spiro atoms. The Morgan fingerprint density at radius 3 is 3.04 bits per heavy atom. The van der Waals surface area contributed by atoms with Crippen LogP contribution in [0.5, 0.6) is 0 Å². The molecule has 1 aliphatic carbocycles. The van der Waals surface area contributed by atoms with E-state index in [1.807, 2.05) is 18.3 Å². The van der Waals surface area contributed by atoms with Crippen molar-refractivity contribution in [3.05, 3.63) is 24.3 Å². The fourth-order valence-corrected chi connectivity index (χ4v) is 3.81. The van der Waals surface area contributed by atoms with E-state index in [1.165, 1.54) is 0 Å². The number of amides is 1. The molecule has 8 heteroatoms. The summed E-state index contributed by atoms with van der Waals surface area (Å²) in [5.41, 5.74) is 2.90. The summed E-state index contributed by atoms with van der Waals surface area (Å²) in [5.74, 6) is 0.710. The third-order valence-electron chi connectivity index (χ3n) is 5.07. The summed E-state index contributed by atoms with van der Waals surface area (Å²) >= 11 is 0. The van der Waals surface area contributed by atoms with Gasteiger partial charge in [-0.05, 0) is 37.7 Å². The number of aromatic nitrogens is 5. The van der Waals surface area contributed by atoms with Gasteiger partial charge in [0.15, 0.2) is 0 Å². The van der Waals surface area contributed by atoms with E-state index in [2.05, 4.69) is 25.6 Å². The molecule has 0 unspecified atom stereocenters. The second kappa shape index (κ2) is 6.51. The van der Waals surface area contributed by atoms with Crippen LogP contribution in [-0.4, -0.2) is 37.2 Å². The van der Waals surface area contributed by atoms with Crippen LogP contribution >= 0.6 is 0 Å². The fourth-order valence-electron chi connectivity index (χ4n) is 3.81. The molecule has 1 fully saturated rings. The van der Waals surface area contributed by atoms with Crippen molar-refractivity contribution in [2.24, 2.45) is 5.92 Å². The summed E-state index contributed by atoms with van der Waals surface area (Å²) in [7, 11) is 0. The Hall–Kier alpha value is -2.95. The Bertz CT molecular complexity index is 943. The normalized spacial score (nSPS) is 20.6. The van der Waals surface area contributed by atoms with E-state index in [1.54, 1.807) is 10.8 Å². The van der Waals surface area contributed by atoms with Crippen LogP contribution in [0, 0.1) is 17.2 Å². The molecule has 1 amide bonds. The van der Waals surface area contributed by atoms with Crippen LogP contribution in [0.15, 0.2) is 18.6 Å². The minimum absolute atomic E-state index is 0.0285. The maximum Gasteiger partial charge on any atom is 0.221 e. The van der Waals surface area contributed by atoms with Crippen molar-refractivity contribution in [1.29, 1.82) is 5.26 Å². The molecule has 128 valence electrons. The van der Waals surface area contributed by atoms with Gasteiger partial charge in [-0.1, -0.05) is 5.21 Å². The van der Waals surface area contributed by atoms with Crippen molar-refractivity contribution in [2.75, 3.05) is 6.54 Å². The summed E-state index contributed by atoms with van der Waals surface area (Å²) in [6, 6.07) is 3.94. The van der Waals surface area contributed by atoms with E-state index >= 15 is 0 Å². The summed E-state index contributed by atoms with van der Waals surface area (Å²) in [6.07, 6.45) is 8.05. The zero-order chi connectivity index (χ0) is 17.2. The van der Waals surface area contributed by atoms with Gasteiger partial charge in [0.2, 0.25) is 5.91 Å². The molecular formula is C17H19N7O. The van der Waals surface area contributed by atoms with Crippen molar-refractivity contribution in [1.82, 2.24) is 30.1 Å². The van der Waals surface area contributed by atoms with Crippen molar-refractivity contribution in [3.63, 3.8) is 0 Å². The maximum absolute atomic E-state index is 11.8. The zero-order valence-corrected chi connectivity index (χ0v) is 13.8. The van der Waals surface area contributed by atoms with Gasteiger partial charge in [0.1, 0.15) is 24.0 Å². The van der Waals surface area contributed by atoms with Gasteiger partial charge >= 0.3 is 0 Å². The SMILES string of the molecule is N#CCNC(=O)CC1CCC(c2nnn3cnc4[nH]ccc4c23)CC1. The number of nitrogens with one attached hydrogen (secondary N) is 2. The highest BCUT2D eigenvalue weighted by molar-refractivity contribution is 5.92. The third kappa shape index (κ3) is 2.93. The average molecular weight is 337 g/mol. The number of hydrogen-bond donors (Lipinski definition) is 2. The second-order valence-corrected chi connectivity index (χ2v) is 6.61. The summed E-state index contributed by atoms with van der Waals surface area (Å²) in [4.78, 5) is 19.2. The summed E-state index contributed by atoms with van der Waals surface area (Å²) in [6.45, 7) is 0.0845. The second-order valence-electron chi connectivity index (χ2n) is 6.61. The number of hydrogen-bond acceptors (Lipinski definition) is 5. The van der Waals surface area contributed by atoms with Crippen LogP contribution in [0.1, 0.15) is 43.7 Å². The molecular weight excluding hydrogens is 318 g/mol. The standard InChI is InChI=1S/C17H19N7O/c18-6-8-19-14(25)9-11-1-3-12(4-2-11)15-16-13-5-7-20-17(13)21-10-24(16)23-22-15/h5,7,10-12,20H,1-4,8-9H2,(H,19,25). The van der Waals surface area contributed by atoms with E-state index in [9.17, 15) is 4.79 Å². The predicted octanol–water partition coefficient (Wildman–Crippen LogP) is 1.91. The molecule has 1 aliphatic rings. The summed E-state index contributed by atoms with van der Waals surface area (Å²) in [5, 5.41) is 20.8. The van der Waals surface area contributed by atoms with Gasteiger partial charge in [0.05, 0.1) is 11.8 Å². The van der Waals surface area contributed by atoms with Crippen molar-refractivity contribution < 1.29 is 4.79 Å². The van der Waals surface area contributed by atoms with Gasteiger partial charge in [0.25, 0.3) is 0 Å². The zero-order valence-electron chi connectivity index (χ0n) is 13.8. The summed E-state index contributed by atoms with van der Waals surface area (Å²) < 4.78 is 1.74. The fraction of sp³-hybridized carbons (Fsp3) is 0.471. The Labute approximate surface area is 144 Å². The third-order valence-corrected chi connectivity index (χ3v) is 5.07. The number of nitriles is 1. The Morgan fingerprint density at radius 1 is 1.40 bits per heavy atom. The Balaban J connectivity index is 1.48. The van der Waals surface area contributed by atoms with Gasteiger partial charge in [-0.2, -0.15) is 5.26 Å². The molecule has 0 bridgehead atoms. The molecule has 25 heavy (non-hydrogen) atoms. The highest BCUT2D eigenvalue weighted by Crippen LogP contribution is 2.38. The van der Waals surface area contributed by atoms with E-state index in [0.29, 0.717) is 18.3 Å². The number of fused-ring (bicyclic) bond motifs is 3. The van der Waals surface area contributed by atoms with Crippen LogP contribution in [-0.2, 0) is 4.79 Å². The maximum atomic E-state index is 11.8. The first-order chi connectivity index (χ1) is 12.3. The number of carbonyl (C=O) groups excluding carboxylic acids is 1. The number of aromatic amines is 1. The topological polar surface area (TPSA) is 112 Å². The van der Waals surface area contributed by atoms with Crippen LogP contribution < -0.4 is 5.32 Å². The number of rotatable bonds is 4. The molecule has 0 radical (unpaired) electrons. The number of H-pyrrole nitrogens is 1. The number of nitrogens with zero attached hydrogens (tertiary/aromatic N) is 5. The Kier molecular flexibility index (Phi) is 4.06. The predicted molar refractivity (Wildman–Crippen MR) is 90.6 cm³/mol. The molecule has 3 aromatic rings. The first kappa shape index (κ1) is 15.6. The average Bonchev–Trinajstić information content (AvgIpc) is 3.26. The highest BCUT2D eigenvalue weighted by Gasteiger charge is 2.27. The molecule has 0 atom stereocenters. The van der Waals surface area contributed by atoms with Crippen LogP contribution in [0.3, 0.4) is 0 Å². The van der Waals surface area contributed by atoms with Gasteiger partial charge in [-0.25, -0.2) is 9.50 Å². The minimum Gasteiger partial charge on any atom is -0.346 e. The monoisotopic (exact) mass is 337 g/mol. The molecule has 3 aromatic heterocycles. The lowest BCUT2D eigenvalue weighted by molar-refractivity contribution is -0.122. The van der Waals surface area contributed by atoms with E-state index in [-0.39, 0.29) is 12.5 Å². The molecule has 2 N–H and O–H groups in total. The van der Waals surface area contributed by atoms with Gasteiger partial charge < -0.3 is 10.3 Å². The van der Waals surface area contributed by atoms with Crippen LogP contribution in [0.25, 0.3) is 16.6 Å². The van der Waals surface area contributed by atoms with E-state index in [4.69, 9.17) is 5.26 Å². The molecule has 0 aromatic carbocycles. The molecule has 4 rings (SSSR count). The Morgan fingerprint density at radius 2 is 2.24 bits per heavy atom. The lowest BCUT2D eigenvalue weighted by atomic mass is 9.79. The highest BCUT2D eigenvalue weighted by atomic mass is 16.1. The van der Waals surface area contributed by atoms with Crippen molar-refractivity contribution in [2.45, 2.75) is 38.0 Å². The first-order valence-electron chi connectivity index (χ1n) is 8.57. The van der Waals surface area contributed by atoms with E-state index in [0.717, 1.165) is 47.9 Å². The molecule has 8 nitrogen and oxygen atoms in total. The lowest BCUT2D eigenvalue weighted by Gasteiger charge is -2.27. The van der Waals surface area contributed by atoms with E-state index < -0.39 is 0 Å². The molecule has 0 aliphatic heterocycles. The molecule has 0 saturated heterocycles. The lowest BCUT2D eigenvalue weighted by Crippen LogP contribution is -2.27. The van der Waals surface area contributed by atoms with Gasteiger partial charge in [-0.15, -0.1) is 5.10 Å². The quantitative estimate of drug-likeness (QED) is 0.706. The largest absolute Gasteiger partial charge is 0.346 e. The molecule has 3 heterocycles. The first-order valence-corrected chi connectivity index (χ1v) is 8.57. The minimum atomic E-state index is -0.0285. The van der Waals surface area contributed by atoms with Crippen molar-refractivity contribution >= 4 is 22.5 Å².